The van der Waals surface area contributed by atoms with Crippen LogP contribution in [0.1, 0.15) is 43.7 Å². The number of anilines is 1. The van der Waals surface area contributed by atoms with Crippen LogP contribution in [0.5, 0.6) is 0 Å². The van der Waals surface area contributed by atoms with Gasteiger partial charge in [0.15, 0.2) is 0 Å². The zero-order valence-electron chi connectivity index (χ0n) is 15.4. The SMILES string of the molecule is CCc1c(NC(=O)NCC(O)c2ccc(C)cc2)cnn1CC(C)C. The number of hydrogen-bond donors (Lipinski definition) is 3. The second-order valence-corrected chi connectivity index (χ2v) is 6.70. The Morgan fingerprint density at radius 3 is 2.56 bits per heavy atom. The monoisotopic (exact) mass is 344 g/mol. The summed E-state index contributed by atoms with van der Waals surface area (Å²) in [4.78, 5) is 12.1. The van der Waals surface area contributed by atoms with Crippen LogP contribution in [-0.4, -0.2) is 27.5 Å². The molecule has 0 aliphatic rings. The minimum absolute atomic E-state index is 0.149. The number of aliphatic hydroxyl groups is 1. The predicted molar refractivity (Wildman–Crippen MR) is 99.6 cm³/mol. The summed E-state index contributed by atoms with van der Waals surface area (Å²) in [5.74, 6) is 0.483. The Kier molecular flexibility index (Phi) is 6.58. The Labute approximate surface area is 149 Å². The fourth-order valence-electron chi connectivity index (χ4n) is 2.65. The van der Waals surface area contributed by atoms with Gasteiger partial charge in [-0.05, 0) is 24.8 Å². The molecule has 3 N–H and O–H groups in total. The number of rotatable bonds is 7. The first-order valence-electron chi connectivity index (χ1n) is 8.74. The number of benzene rings is 1. The van der Waals surface area contributed by atoms with Crippen LogP contribution in [0.15, 0.2) is 30.5 Å². The van der Waals surface area contributed by atoms with Gasteiger partial charge in [-0.2, -0.15) is 5.10 Å². The largest absolute Gasteiger partial charge is 0.387 e. The van der Waals surface area contributed by atoms with Crippen LogP contribution in [0.4, 0.5) is 10.5 Å². The van der Waals surface area contributed by atoms with Gasteiger partial charge in [0.05, 0.1) is 23.7 Å². The van der Waals surface area contributed by atoms with E-state index < -0.39 is 6.10 Å². The first-order chi connectivity index (χ1) is 11.9. The van der Waals surface area contributed by atoms with Gasteiger partial charge in [0.1, 0.15) is 0 Å². The molecule has 0 saturated carbocycles. The van der Waals surface area contributed by atoms with E-state index in [2.05, 4.69) is 29.6 Å². The molecule has 2 rings (SSSR count). The Balaban J connectivity index is 1.91. The van der Waals surface area contributed by atoms with Crippen molar-refractivity contribution in [3.05, 3.63) is 47.3 Å². The van der Waals surface area contributed by atoms with Gasteiger partial charge < -0.3 is 15.7 Å². The van der Waals surface area contributed by atoms with Crippen molar-refractivity contribution in [2.75, 3.05) is 11.9 Å². The van der Waals surface area contributed by atoms with Gasteiger partial charge in [-0.15, -0.1) is 0 Å². The average molecular weight is 344 g/mol. The Bertz CT molecular complexity index is 692. The molecule has 1 heterocycles. The summed E-state index contributed by atoms with van der Waals surface area (Å²) in [5, 5.41) is 20.1. The van der Waals surface area contributed by atoms with Crippen molar-refractivity contribution in [1.29, 1.82) is 0 Å². The maximum atomic E-state index is 12.1. The third-order valence-corrected chi connectivity index (χ3v) is 3.99. The lowest BCUT2D eigenvalue weighted by Gasteiger charge is -2.14. The van der Waals surface area contributed by atoms with Crippen LogP contribution in [0.3, 0.4) is 0 Å². The molecule has 2 aromatic rings. The third kappa shape index (κ3) is 5.32. The molecule has 1 atom stereocenters. The minimum Gasteiger partial charge on any atom is -0.387 e. The number of hydrogen-bond acceptors (Lipinski definition) is 3. The molecule has 1 aromatic heterocycles. The Morgan fingerprint density at radius 1 is 1.28 bits per heavy atom. The summed E-state index contributed by atoms with van der Waals surface area (Å²) in [6.07, 6.45) is 1.73. The predicted octanol–water partition coefficient (Wildman–Crippen LogP) is 3.27. The first kappa shape index (κ1) is 19.0. The van der Waals surface area contributed by atoms with Crippen molar-refractivity contribution < 1.29 is 9.90 Å². The van der Waals surface area contributed by atoms with Gasteiger partial charge >= 0.3 is 6.03 Å². The van der Waals surface area contributed by atoms with Crippen LogP contribution >= 0.6 is 0 Å². The van der Waals surface area contributed by atoms with E-state index in [9.17, 15) is 9.90 Å². The highest BCUT2D eigenvalue weighted by molar-refractivity contribution is 5.89. The molecule has 1 unspecified atom stereocenters. The molecule has 136 valence electrons. The number of amides is 2. The normalized spacial score (nSPS) is 12.2. The number of urea groups is 1. The summed E-state index contributed by atoms with van der Waals surface area (Å²) in [6, 6.07) is 7.27. The molecule has 0 aliphatic heterocycles. The number of aromatic nitrogens is 2. The molecule has 1 aromatic carbocycles. The second kappa shape index (κ2) is 8.67. The third-order valence-electron chi connectivity index (χ3n) is 3.99. The molecule has 6 nitrogen and oxygen atoms in total. The van der Waals surface area contributed by atoms with Gasteiger partial charge in [-0.25, -0.2) is 4.79 Å². The van der Waals surface area contributed by atoms with E-state index in [1.807, 2.05) is 42.8 Å². The molecule has 0 fully saturated rings. The minimum atomic E-state index is -0.736. The van der Waals surface area contributed by atoms with Crippen molar-refractivity contribution in [1.82, 2.24) is 15.1 Å². The number of aryl methyl sites for hydroxylation is 1. The van der Waals surface area contributed by atoms with Crippen molar-refractivity contribution in [2.24, 2.45) is 5.92 Å². The fourth-order valence-corrected chi connectivity index (χ4v) is 2.65. The molecule has 25 heavy (non-hydrogen) atoms. The zero-order valence-corrected chi connectivity index (χ0v) is 15.4. The lowest BCUT2D eigenvalue weighted by Crippen LogP contribution is -2.32. The van der Waals surface area contributed by atoms with Crippen LogP contribution in [0, 0.1) is 12.8 Å². The highest BCUT2D eigenvalue weighted by Crippen LogP contribution is 2.17. The number of carbonyl (C=O) groups is 1. The van der Waals surface area contributed by atoms with Crippen molar-refractivity contribution in [2.45, 2.75) is 46.8 Å². The van der Waals surface area contributed by atoms with Crippen molar-refractivity contribution >= 4 is 11.7 Å². The lowest BCUT2D eigenvalue weighted by atomic mass is 10.1. The highest BCUT2D eigenvalue weighted by Gasteiger charge is 2.14. The molecule has 2 amide bonds. The molecule has 0 aliphatic carbocycles. The van der Waals surface area contributed by atoms with Gasteiger partial charge in [-0.3, -0.25) is 4.68 Å². The second-order valence-electron chi connectivity index (χ2n) is 6.70. The van der Waals surface area contributed by atoms with Crippen LogP contribution in [0.2, 0.25) is 0 Å². The molecular formula is C19H28N4O2. The van der Waals surface area contributed by atoms with Crippen LogP contribution < -0.4 is 10.6 Å². The zero-order chi connectivity index (χ0) is 18.4. The Morgan fingerprint density at radius 2 is 1.96 bits per heavy atom. The van der Waals surface area contributed by atoms with E-state index in [1.165, 1.54) is 0 Å². The molecular weight excluding hydrogens is 316 g/mol. The van der Waals surface area contributed by atoms with E-state index in [4.69, 9.17) is 0 Å². The van der Waals surface area contributed by atoms with E-state index in [-0.39, 0.29) is 12.6 Å². The molecule has 0 bridgehead atoms. The number of nitrogens with zero attached hydrogens (tertiary/aromatic N) is 2. The molecule has 6 heteroatoms. The van der Waals surface area contributed by atoms with E-state index in [0.29, 0.717) is 11.6 Å². The summed E-state index contributed by atoms with van der Waals surface area (Å²) in [6.45, 7) is 9.26. The highest BCUT2D eigenvalue weighted by atomic mass is 16.3. The molecule has 0 radical (unpaired) electrons. The summed E-state index contributed by atoms with van der Waals surface area (Å²) >= 11 is 0. The van der Waals surface area contributed by atoms with Gasteiger partial charge in [0.2, 0.25) is 0 Å². The Hall–Kier alpha value is -2.34. The number of carbonyl (C=O) groups excluding carboxylic acids is 1. The van der Waals surface area contributed by atoms with Crippen LogP contribution in [0.25, 0.3) is 0 Å². The van der Waals surface area contributed by atoms with Crippen molar-refractivity contribution in [3.63, 3.8) is 0 Å². The summed E-state index contributed by atoms with van der Waals surface area (Å²) < 4.78 is 1.93. The maximum Gasteiger partial charge on any atom is 0.319 e. The van der Waals surface area contributed by atoms with Crippen molar-refractivity contribution in [3.8, 4) is 0 Å². The molecule has 0 saturated heterocycles. The smallest absolute Gasteiger partial charge is 0.319 e. The van der Waals surface area contributed by atoms with Gasteiger partial charge in [0.25, 0.3) is 0 Å². The standard InChI is InChI=1S/C19H28N4O2/c1-5-17-16(10-21-23(17)12-13(2)3)22-19(25)20-11-18(24)15-8-6-14(4)7-9-15/h6-10,13,18,24H,5,11-12H2,1-4H3,(H2,20,22,25). The number of nitrogens with one attached hydrogen (secondary N) is 2. The topological polar surface area (TPSA) is 79.2 Å². The average Bonchev–Trinajstić information content (AvgIpc) is 2.93. The van der Waals surface area contributed by atoms with Crippen LogP contribution in [-0.2, 0) is 13.0 Å². The number of aliphatic hydroxyl groups excluding tert-OH is 1. The van der Waals surface area contributed by atoms with E-state index in [1.54, 1.807) is 6.20 Å². The molecule has 0 spiro atoms. The lowest BCUT2D eigenvalue weighted by molar-refractivity contribution is 0.175. The quantitative estimate of drug-likeness (QED) is 0.721. The van der Waals surface area contributed by atoms with E-state index in [0.717, 1.165) is 29.8 Å². The fraction of sp³-hybridized carbons (Fsp3) is 0.474. The first-order valence-corrected chi connectivity index (χ1v) is 8.74. The summed E-state index contributed by atoms with van der Waals surface area (Å²) in [7, 11) is 0. The summed E-state index contributed by atoms with van der Waals surface area (Å²) in [5.41, 5.74) is 3.63. The van der Waals surface area contributed by atoms with E-state index >= 15 is 0 Å². The van der Waals surface area contributed by atoms with Gasteiger partial charge in [0, 0.05) is 13.1 Å². The van der Waals surface area contributed by atoms with Gasteiger partial charge in [-0.1, -0.05) is 50.6 Å². The maximum absolute atomic E-state index is 12.1.